The predicted molar refractivity (Wildman–Crippen MR) is 98.2 cm³/mol. The SMILES string of the molecule is Cc1nc(Nc2ccc(C(=O)O)cc2)cc(Nc2ccc(C(F)(F)F)cc2)n1. The number of rotatable bonds is 5. The average molecular weight is 388 g/mol. The van der Waals surface area contributed by atoms with E-state index in [4.69, 9.17) is 5.11 Å². The van der Waals surface area contributed by atoms with E-state index in [9.17, 15) is 18.0 Å². The standard InChI is InChI=1S/C19H15F3N4O2/c1-11-23-16(25-14-6-2-12(3-7-14)18(27)28)10-17(24-11)26-15-8-4-13(5-9-15)19(20,21)22/h2-10H,1H3,(H,27,28)(H2,23,24,25,26). The van der Waals surface area contributed by atoms with E-state index in [0.717, 1.165) is 12.1 Å². The second-order valence-electron chi connectivity index (χ2n) is 5.89. The summed E-state index contributed by atoms with van der Waals surface area (Å²) in [5.41, 5.74) is 0.504. The molecule has 0 fully saturated rings. The van der Waals surface area contributed by atoms with E-state index in [-0.39, 0.29) is 5.56 Å². The van der Waals surface area contributed by atoms with Gasteiger partial charge in [-0.2, -0.15) is 13.2 Å². The monoisotopic (exact) mass is 388 g/mol. The number of nitrogens with one attached hydrogen (secondary N) is 2. The van der Waals surface area contributed by atoms with Gasteiger partial charge in [0.1, 0.15) is 17.5 Å². The van der Waals surface area contributed by atoms with Gasteiger partial charge in [-0.05, 0) is 55.5 Å². The molecule has 1 aromatic heterocycles. The van der Waals surface area contributed by atoms with Crippen molar-refractivity contribution in [3.05, 3.63) is 71.5 Å². The number of halogens is 3. The number of carboxylic acid groups (broad SMARTS) is 1. The Bertz CT molecular complexity index is 988. The van der Waals surface area contributed by atoms with Crippen molar-refractivity contribution in [3.8, 4) is 0 Å². The van der Waals surface area contributed by atoms with Gasteiger partial charge in [0.05, 0.1) is 11.1 Å². The van der Waals surface area contributed by atoms with E-state index in [0.29, 0.717) is 28.8 Å². The molecule has 1 heterocycles. The zero-order valence-electron chi connectivity index (χ0n) is 14.6. The molecule has 3 aromatic rings. The van der Waals surface area contributed by atoms with Gasteiger partial charge >= 0.3 is 12.1 Å². The normalized spacial score (nSPS) is 11.1. The molecule has 2 aromatic carbocycles. The lowest BCUT2D eigenvalue weighted by Crippen LogP contribution is -2.05. The van der Waals surface area contributed by atoms with Gasteiger partial charge in [0.2, 0.25) is 0 Å². The number of anilines is 4. The second-order valence-corrected chi connectivity index (χ2v) is 5.89. The molecule has 0 amide bonds. The van der Waals surface area contributed by atoms with Gasteiger partial charge in [0.25, 0.3) is 0 Å². The molecule has 0 atom stereocenters. The third-order valence-electron chi connectivity index (χ3n) is 3.73. The van der Waals surface area contributed by atoms with Crippen molar-refractivity contribution < 1.29 is 23.1 Å². The Labute approximate surface area is 158 Å². The minimum absolute atomic E-state index is 0.161. The van der Waals surface area contributed by atoms with Crippen LogP contribution >= 0.6 is 0 Å². The van der Waals surface area contributed by atoms with Gasteiger partial charge in [0.15, 0.2) is 0 Å². The Hall–Kier alpha value is -3.62. The molecule has 0 aliphatic rings. The van der Waals surface area contributed by atoms with Crippen molar-refractivity contribution in [2.75, 3.05) is 10.6 Å². The molecule has 28 heavy (non-hydrogen) atoms. The Morgan fingerprint density at radius 3 is 1.79 bits per heavy atom. The van der Waals surface area contributed by atoms with Crippen molar-refractivity contribution in [2.24, 2.45) is 0 Å². The molecule has 9 heteroatoms. The van der Waals surface area contributed by atoms with E-state index in [1.807, 2.05) is 0 Å². The number of aromatic nitrogens is 2. The molecule has 0 bridgehead atoms. The number of hydrogen-bond donors (Lipinski definition) is 3. The third-order valence-corrected chi connectivity index (χ3v) is 3.73. The van der Waals surface area contributed by atoms with Crippen molar-refractivity contribution in [1.29, 1.82) is 0 Å². The van der Waals surface area contributed by atoms with Crippen LogP contribution in [-0.2, 0) is 6.18 Å². The van der Waals surface area contributed by atoms with Crippen LogP contribution in [0.3, 0.4) is 0 Å². The van der Waals surface area contributed by atoms with E-state index < -0.39 is 17.7 Å². The van der Waals surface area contributed by atoms with Crippen LogP contribution in [0.4, 0.5) is 36.2 Å². The lowest BCUT2D eigenvalue weighted by atomic mass is 10.2. The highest BCUT2D eigenvalue weighted by molar-refractivity contribution is 5.88. The topological polar surface area (TPSA) is 87.1 Å². The molecule has 3 rings (SSSR count). The average Bonchev–Trinajstić information content (AvgIpc) is 2.61. The number of nitrogens with zero attached hydrogens (tertiary/aromatic N) is 2. The lowest BCUT2D eigenvalue weighted by molar-refractivity contribution is -0.137. The Morgan fingerprint density at radius 1 is 0.893 bits per heavy atom. The zero-order chi connectivity index (χ0) is 20.3. The van der Waals surface area contributed by atoms with Gasteiger partial charge in [-0.25, -0.2) is 14.8 Å². The van der Waals surface area contributed by atoms with E-state index in [1.54, 1.807) is 25.1 Å². The number of carboxylic acids is 1. The van der Waals surface area contributed by atoms with E-state index in [1.165, 1.54) is 24.3 Å². The smallest absolute Gasteiger partial charge is 0.416 e. The summed E-state index contributed by atoms with van der Waals surface area (Å²) >= 11 is 0. The van der Waals surface area contributed by atoms with Crippen LogP contribution in [0.25, 0.3) is 0 Å². The van der Waals surface area contributed by atoms with E-state index >= 15 is 0 Å². The molecule has 0 aliphatic heterocycles. The summed E-state index contributed by atoms with van der Waals surface area (Å²) in [6.07, 6.45) is -4.39. The second kappa shape index (κ2) is 7.55. The highest BCUT2D eigenvalue weighted by Gasteiger charge is 2.29. The maximum Gasteiger partial charge on any atom is 0.416 e. The first-order valence-corrected chi connectivity index (χ1v) is 8.11. The minimum atomic E-state index is -4.39. The van der Waals surface area contributed by atoms with Crippen molar-refractivity contribution in [2.45, 2.75) is 13.1 Å². The van der Waals surface area contributed by atoms with Crippen LogP contribution in [0.5, 0.6) is 0 Å². The minimum Gasteiger partial charge on any atom is -0.478 e. The summed E-state index contributed by atoms with van der Waals surface area (Å²) in [7, 11) is 0. The maximum absolute atomic E-state index is 12.6. The summed E-state index contributed by atoms with van der Waals surface area (Å²) in [6, 6.07) is 12.3. The Kier molecular flexibility index (Phi) is 5.16. The predicted octanol–water partition coefficient (Wildman–Crippen LogP) is 4.99. The van der Waals surface area contributed by atoms with Crippen molar-refractivity contribution >= 4 is 29.0 Å². The van der Waals surface area contributed by atoms with Crippen LogP contribution in [0.1, 0.15) is 21.7 Å². The molecular weight excluding hydrogens is 373 g/mol. The lowest BCUT2D eigenvalue weighted by Gasteiger charge is -2.11. The van der Waals surface area contributed by atoms with Gasteiger partial charge in [-0.3, -0.25) is 0 Å². The van der Waals surface area contributed by atoms with Gasteiger partial charge < -0.3 is 15.7 Å². The fourth-order valence-corrected chi connectivity index (χ4v) is 2.43. The summed E-state index contributed by atoms with van der Waals surface area (Å²) in [4.78, 5) is 19.4. The maximum atomic E-state index is 12.6. The molecule has 6 nitrogen and oxygen atoms in total. The summed E-state index contributed by atoms with van der Waals surface area (Å²) in [5, 5.41) is 14.9. The zero-order valence-corrected chi connectivity index (χ0v) is 14.6. The number of alkyl halides is 3. The summed E-state index contributed by atoms with van der Waals surface area (Å²) < 4.78 is 37.9. The molecule has 0 aliphatic carbocycles. The number of benzene rings is 2. The molecular formula is C19H15F3N4O2. The third kappa shape index (κ3) is 4.76. The first-order chi connectivity index (χ1) is 13.2. The quantitative estimate of drug-likeness (QED) is 0.571. The molecule has 0 spiro atoms. The molecule has 0 saturated carbocycles. The van der Waals surface area contributed by atoms with Crippen LogP contribution in [0.2, 0.25) is 0 Å². The Balaban J connectivity index is 1.76. The van der Waals surface area contributed by atoms with E-state index in [2.05, 4.69) is 20.6 Å². The number of carbonyl (C=O) groups is 1. The first-order valence-electron chi connectivity index (χ1n) is 8.11. The highest BCUT2D eigenvalue weighted by Crippen LogP contribution is 2.30. The molecule has 3 N–H and O–H groups in total. The number of aryl methyl sites for hydroxylation is 1. The fraction of sp³-hybridized carbons (Fsp3) is 0.105. The number of aromatic carboxylic acids is 1. The molecule has 0 saturated heterocycles. The summed E-state index contributed by atoms with van der Waals surface area (Å²) in [5.74, 6) is 0.274. The first kappa shape index (κ1) is 19.2. The van der Waals surface area contributed by atoms with Crippen LogP contribution < -0.4 is 10.6 Å². The number of hydrogen-bond acceptors (Lipinski definition) is 5. The molecule has 144 valence electrons. The molecule has 0 unspecified atom stereocenters. The van der Waals surface area contributed by atoms with Crippen molar-refractivity contribution in [1.82, 2.24) is 9.97 Å². The van der Waals surface area contributed by atoms with Crippen LogP contribution in [0.15, 0.2) is 54.6 Å². The Morgan fingerprint density at radius 2 is 1.36 bits per heavy atom. The van der Waals surface area contributed by atoms with Gasteiger partial charge in [-0.15, -0.1) is 0 Å². The van der Waals surface area contributed by atoms with Gasteiger partial charge in [0, 0.05) is 17.4 Å². The summed E-state index contributed by atoms with van der Waals surface area (Å²) in [6.45, 7) is 1.68. The fourth-order valence-electron chi connectivity index (χ4n) is 2.43. The van der Waals surface area contributed by atoms with Crippen molar-refractivity contribution in [3.63, 3.8) is 0 Å². The largest absolute Gasteiger partial charge is 0.478 e. The highest BCUT2D eigenvalue weighted by atomic mass is 19.4. The molecule has 0 radical (unpaired) electrons. The van der Waals surface area contributed by atoms with Crippen LogP contribution in [-0.4, -0.2) is 21.0 Å². The van der Waals surface area contributed by atoms with Crippen LogP contribution in [0, 0.1) is 6.92 Å². The van der Waals surface area contributed by atoms with Gasteiger partial charge in [-0.1, -0.05) is 0 Å².